The van der Waals surface area contributed by atoms with Crippen LogP contribution in [0.2, 0.25) is 0 Å². The molecular formula is C15H20FNO4. The SMILES string of the molecule is CC(CCCC(C)C(=O)O)NC(=O)c1ccc(O)cc1F. The van der Waals surface area contributed by atoms with E-state index in [1.54, 1.807) is 13.8 Å². The molecule has 0 spiro atoms. The van der Waals surface area contributed by atoms with E-state index in [1.165, 1.54) is 12.1 Å². The molecule has 0 aliphatic carbocycles. The van der Waals surface area contributed by atoms with Crippen molar-refractivity contribution in [1.82, 2.24) is 5.32 Å². The molecule has 5 nitrogen and oxygen atoms in total. The maximum atomic E-state index is 13.5. The summed E-state index contributed by atoms with van der Waals surface area (Å²) in [6.45, 7) is 3.42. The lowest BCUT2D eigenvalue weighted by atomic mass is 10.0. The summed E-state index contributed by atoms with van der Waals surface area (Å²) in [5.41, 5.74) is -0.126. The number of rotatable bonds is 7. The molecule has 2 unspecified atom stereocenters. The van der Waals surface area contributed by atoms with Gasteiger partial charge in [-0.05, 0) is 31.9 Å². The Morgan fingerprint density at radius 2 is 1.95 bits per heavy atom. The van der Waals surface area contributed by atoms with Gasteiger partial charge in [0.05, 0.1) is 11.5 Å². The van der Waals surface area contributed by atoms with E-state index in [2.05, 4.69) is 5.32 Å². The average Bonchev–Trinajstić information content (AvgIpc) is 2.37. The van der Waals surface area contributed by atoms with E-state index >= 15 is 0 Å². The van der Waals surface area contributed by atoms with Crippen molar-refractivity contribution in [3.8, 4) is 5.75 Å². The number of halogens is 1. The van der Waals surface area contributed by atoms with E-state index < -0.39 is 23.6 Å². The first-order valence-corrected chi connectivity index (χ1v) is 6.83. The summed E-state index contributed by atoms with van der Waals surface area (Å²) in [7, 11) is 0. The zero-order valence-corrected chi connectivity index (χ0v) is 12.1. The average molecular weight is 297 g/mol. The van der Waals surface area contributed by atoms with Gasteiger partial charge in [0.15, 0.2) is 0 Å². The summed E-state index contributed by atoms with van der Waals surface area (Å²) in [6.07, 6.45) is 1.80. The molecule has 0 heterocycles. The number of amides is 1. The van der Waals surface area contributed by atoms with Crippen LogP contribution in [0.4, 0.5) is 4.39 Å². The molecule has 0 saturated heterocycles. The van der Waals surface area contributed by atoms with Gasteiger partial charge in [-0.15, -0.1) is 0 Å². The van der Waals surface area contributed by atoms with Gasteiger partial charge in [0, 0.05) is 12.1 Å². The number of phenolic OH excluding ortho intramolecular Hbond substituents is 1. The Balaban J connectivity index is 2.45. The molecule has 3 N–H and O–H groups in total. The highest BCUT2D eigenvalue weighted by atomic mass is 19.1. The van der Waals surface area contributed by atoms with Crippen LogP contribution < -0.4 is 5.32 Å². The Hall–Kier alpha value is -2.11. The van der Waals surface area contributed by atoms with Crippen molar-refractivity contribution in [2.24, 2.45) is 5.92 Å². The maximum absolute atomic E-state index is 13.5. The number of carbonyl (C=O) groups excluding carboxylic acids is 1. The largest absolute Gasteiger partial charge is 0.508 e. The first-order chi connectivity index (χ1) is 9.81. The highest BCUT2D eigenvalue weighted by Crippen LogP contribution is 2.15. The fourth-order valence-electron chi connectivity index (χ4n) is 1.92. The van der Waals surface area contributed by atoms with E-state index in [0.717, 1.165) is 6.07 Å². The third-order valence-corrected chi connectivity index (χ3v) is 3.27. The van der Waals surface area contributed by atoms with Crippen molar-refractivity contribution < 1.29 is 24.2 Å². The predicted octanol–water partition coefficient (Wildman–Crippen LogP) is 2.54. The van der Waals surface area contributed by atoms with Crippen molar-refractivity contribution >= 4 is 11.9 Å². The molecule has 0 fully saturated rings. The van der Waals surface area contributed by atoms with Crippen LogP contribution in [0.25, 0.3) is 0 Å². The normalized spacial score (nSPS) is 13.5. The first-order valence-electron chi connectivity index (χ1n) is 6.83. The third-order valence-electron chi connectivity index (χ3n) is 3.27. The second kappa shape index (κ2) is 7.61. The lowest BCUT2D eigenvalue weighted by Crippen LogP contribution is -2.33. The fourth-order valence-corrected chi connectivity index (χ4v) is 1.92. The van der Waals surface area contributed by atoms with Gasteiger partial charge in [0.1, 0.15) is 11.6 Å². The van der Waals surface area contributed by atoms with E-state index in [0.29, 0.717) is 19.3 Å². The smallest absolute Gasteiger partial charge is 0.306 e. The van der Waals surface area contributed by atoms with Gasteiger partial charge in [-0.2, -0.15) is 0 Å². The molecule has 0 aliphatic heterocycles. The second-order valence-corrected chi connectivity index (χ2v) is 5.21. The van der Waals surface area contributed by atoms with Crippen molar-refractivity contribution in [3.63, 3.8) is 0 Å². The molecule has 6 heteroatoms. The van der Waals surface area contributed by atoms with Crippen LogP contribution in [0.1, 0.15) is 43.5 Å². The van der Waals surface area contributed by atoms with Gasteiger partial charge >= 0.3 is 5.97 Å². The molecule has 1 aromatic rings. The molecule has 0 aliphatic rings. The Morgan fingerprint density at radius 3 is 2.52 bits per heavy atom. The van der Waals surface area contributed by atoms with Crippen molar-refractivity contribution in [2.45, 2.75) is 39.2 Å². The summed E-state index contributed by atoms with van der Waals surface area (Å²) >= 11 is 0. The quantitative estimate of drug-likeness (QED) is 0.722. The summed E-state index contributed by atoms with van der Waals surface area (Å²) in [5.74, 6) is -2.81. The number of benzene rings is 1. The van der Waals surface area contributed by atoms with E-state index in [1.807, 2.05) is 0 Å². The van der Waals surface area contributed by atoms with E-state index in [9.17, 15) is 14.0 Å². The molecular weight excluding hydrogens is 277 g/mol. The monoisotopic (exact) mass is 297 g/mol. The number of aliphatic carboxylic acids is 1. The standard InChI is InChI=1S/C15H20FNO4/c1-9(15(20)21)4-3-5-10(2)17-14(19)12-7-6-11(18)8-13(12)16/h6-10,18H,3-5H2,1-2H3,(H,17,19)(H,20,21). The Bertz CT molecular complexity index is 518. The molecule has 2 atom stereocenters. The Labute approximate surface area is 122 Å². The minimum absolute atomic E-state index is 0.126. The molecule has 21 heavy (non-hydrogen) atoms. The van der Waals surface area contributed by atoms with Crippen LogP contribution in [0.15, 0.2) is 18.2 Å². The van der Waals surface area contributed by atoms with E-state index in [4.69, 9.17) is 10.2 Å². The number of nitrogens with one attached hydrogen (secondary N) is 1. The topological polar surface area (TPSA) is 86.6 Å². The highest BCUT2D eigenvalue weighted by Gasteiger charge is 2.15. The highest BCUT2D eigenvalue weighted by molar-refractivity contribution is 5.94. The number of carboxylic acid groups (broad SMARTS) is 1. The Kier molecular flexibility index (Phi) is 6.14. The summed E-state index contributed by atoms with van der Waals surface area (Å²) in [4.78, 5) is 22.5. The number of phenols is 1. The zero-order chi connectivity index (χ0) is 16.0. The minimum atomic E-state index is -0.835. The van der Waals surface area contributed by atoms with Crippen LogP contribution in [0.3, 0.4) is 0 Å². The molecule has 0 aromatic heterocycles. The number of aromatic hydroxyl groups is 1. The van der Waals surface area contributed by atoms with Gasteiger partial charge in [-0.3, -0.25) is 9.59 Å². The third kappa shape index (κ3) is 5.41. The number of hydrogen-bond acceptors (Lipinski definition) is 3. The molecule has 1 aromatic carbocycles. The predicted molar refractivity (Wildman–Crippen MR) is 75.6 cm³/mol. The van der Waals surface area contributed by atoms with Crippen molar-refractivity contribution in [3.05, 3.63) is 29.6 Å². The van der Waals surface area contributed by atoms with Crippen LogP contribution in [0.5, 0.6) is 5.75 Å². The Morgan fingerprint density at radius 1 is 1.29 bits per heavy atom. The van der Waals surface area contributed by atoms with Crippen molar-refractivity contribution in [2.75, 3.05) is 0 Å². The molecule has 1 amide bonds. The number of carboxylic acids is 1. The van der Waals surface area contributed by atoms with Gasteiger partial charge < -0.3 is 15.5 Å². The van der Waals surface area contributed by atoms with Crippen LogP contribution in [-0.4, -0.2) is 28.1 Å². The molecule has 0 saturated carbocycles. The van der Waals surface area contributed by atoms with Gasteiger partial charge in [-0.1, -0.05) is 13.3 Å². The maximum Gasteiger partial charge on any atom is 0.306 e. The van der Waals surface area contributed by atoms with Crippen LogP contribution >= 0.6 is 0 Å². The van der Waals surface area contributed by atoms with Gasteiger partial charge in [0.2, 0.25) is 0 Å². The minimum Gasteiger partial charge on any atom is -0.508 e. The summed E-state index contributed by atoms with van der Waals surface area (Å²) in [6, 6.07) is 3.16. The molecule has 116 valence electrons. The van der Waals surface area contributed by atoms with Gasteiger partial charge in [0.25, 0.3) is 5.91 Å². The number of carbonyl (C=O) groups is 2. The lowest BCUT2D eigenvalue weighted by molar-refractivity contribution is -0.141. The van der Waals surface area contributed by atoms with Crippen LogP contribution in [0, 0.1) is 11.7 Å². The molecule has 0 bridgehead atoms. The summed E-state index contributed by atoms with van der Waals surface area (Å²) < 4.78 is 13.5. The summed E-state index contributed by atoms with van der Waals surface area (Å²) in [5, 5.41) is 20.5. The fraction of sp³-hybridized carbons (Fsp3) is 0.467. The van der Waals surface area contributed by atoms with Crippen LogP contribution in [-0.2, 0) is 4.79 Å². The first kappa shape index (κ1) is 16.9. The van der Waals surface area contributed by atoms with Crippen molar-refractivity contribution in [1.29, 1.82) is 0 Å². The molecule has 0 radical (unpaired) electrons. The zero-order valence-electron chi connectivity index (χ0n) is 12.1. The number of hydrogen-bond donors (Lipinski definition) is 3. The van der Waals surface area contributed by atoms with E-state index in [-0.39, 0.29) is 17.4 Å². The molecule has 1 rings (SSSR count). The van der Waals surface area contributed by atoms with Gasteiger partial charge in [-0.25, -0.2) is 4.39 Å². The lowest BCUT2D eigenvalue weighted by Gasteiger charge is -2.15. The second-order valence-electron chi connectivity index (χ2n) is 5.21.